The Kier molecular flexibility index (Phi) is 6.95. The van der Waals surface area contributed by atoms with Crippen LogP contribution in [0.3, 0.4) is 0 Å². The Morgan fingerprint density at radius 1 is 0.909 bits per heavy atom. The summed E-state index contributed by atoms with van der Waals surface area (Å²) in [5, 5.41) is 19.4. The number of hydrogen-bond donors (Lipinski definition) is 0. The maximum atomic E-state index is 13.7. The smallest absolute Gasteiger partial charge is 0.282 e. The van der Waals surface area contributed by atoms with Crippen molar-refractivity contribution in [2.45, 2.75) is 6.61 Å². The van der Waals surface area contributed by atoms with Gasteiger partial charge in [-0.15, -0.1) is 0 Å². The van der Waals surface area contributed by atoms with Crippen LogP contribution >= 0.6 is 15.9 Å². The van der Waals surface area contributed by atoms with Crippen molar-refractivity contribution >= 4 is 60.5 Å². The molecule has 7 rings (SSSR count). The molecule has 44 heavy (non-hydrogen) atoms. The fourth-order valence-electron chi connectivity index (χ4n) is 5.09. The third-order valence-electron chi connectivity index (χ3n) is 7.23. The predicted octanol–water partition coefficient (Wildman–Crippen LogP) is 8.09. The largest absolute Gasteiger partial charge is 0.488 e. The fraction of sp³-hybridized carbons (Fsp3) is 0.0294. The average Bonchev–Trinajstić information content (AvgIpc) is 3.46. The number of non-ortho nitro benzene ring substituents is 1. The Labute approximate surface area is 257 Å². The molecule has 0 spiro atoms. The molecular weight excluding hydrogens is 624 g/mol. The molecule has 0 radical (unpaired) electrons. The van der Waals surface area contributed by atoms with Crippen LogP contribution in [-0.4, -0.2) is 20.8 Å². The molecule has 0 bridgehead atoms. The van der Waals surface area contributed by atoms with Gasteiger partial charge in [-0.2, -0.15) is 9.78 Å². The van der Waals surface area contributed by atoms with Crippen LogP contribution < -0.4 is 10.3 Å². The number of para-hydroxylation sites is 1. The lowest BCUT2D eigenvalue weighted by atomic mass is 10.1. The molecule has 0 amide bonds. The molecule has 9 nitrogen and oxygen atoms in total. The van der Waals surface area contributed by atoms with E-state index < -0.39 is 10.5 Å². The number of nitrogens with zero attached hydrogens (tertiary/aromatic N) is 4. The summed E-state index contributed by atoms with van der Waals surface area (Å²) in [6, 6.07) is 32.5. The van der Waals surface area contributed by atoms with Crippen LogP contribution in [0.5, 0.6) is 5.75 Å². The van der Waals surface area contributed by atoms with Crippen LogP contribution in [0.2, 0.25) is 0 Å². The minimum Gasteiger partial charge on any atom is -0.488 e. The molecule has 0 N–H and O–H groups in total. The summed E-state index contributed by atoms with van der Waals surface area (Å²) < 4.78 is 14.3. The zero-order chi connectivity index (χ0) is 30.2. The maximum Gasteiger partial charge on any atom is 0.282 e. The van der Waals surface area contributed by atoms with Gasteiger partial charge in [-0.3, -0.25) is 14.9 Å². The Bertz CT molecular complexity index is 2320. The molecule has 0 unspecified atom stereocenters. The fourth-order valence-corrected chi connectivity index (χ4v) is 5.47. The van der Waals surface area contributed by atoms with Crippen molar-refractivity contribution in [1.29, 1.82) is 0 Å². The summed E-state index contributed by atoms with van der Waals surface area (Å²) in [4.78, 5) is 29.6. The second kappa shape index (κ2) is 11.2. The molecule has 0 saturated carbocycles. The monoisotopic (exact) mass is 644 g/mol. The van der Waals surface area contributed by atoms with Gasteiger partial charge in [0.2, 0.25) is 5.82 Å². The van der Waals surface area contributed by atoms with Crippen LogP contribution in [0.4, 0.5) is 5.69 Å². The van der Waals surface area contributed by atoms with E-state index >= 15 is 0 Å². The zero-order valence-corrected chi connectivity index (χ0v) is 24.5. The molecule has 214 valence electrons. The lowest BCUT2D eigenvalue weighted by molar-refractivity contribution is -0.384. The average molecular weight is 645 g/mol. The van der Waals surface area contributed by atoms with Gasteiger partial charge in [0.25, 0.3) is 11.2 Å². The number of halogens is 1. The van der Waals surface area contributed by atoms with E-state index in [2.05, 4.69) is 21.0 Å². The number of rotatable bonds is 7. The number of nitro groups is 1. The van der Waals surface area contributed by atoms with E-state index in [4.69, 9.17) is 14.1 Å². The van der Waals surface area contributed by atoms with E-state index in [1.165, 1.54) is 24.4 Å². The summed E-state index contributed by atoms with van der Waals surface area (Å²) in [6.07, 6.45) is 1.37. The van der Waals surface area contributed by atoms with Crippen molar-refractivity contribution in [3.05, 3.63) is 145 Å². The van der Waals surface area contributed by atoms with Gasteiger partial charge in [0.15, 0.2) is 5.76 Å². The number of aromatic nitrogens is 2. The molecular formula is C34H21BrN4O5. The standard InChI is InChI=1S/C34H21BrN4O5/c35-25-12-14-31-23(16-25)18-32(44-31)33-37-29-11-4-3-10-28(29)34(40)38(33)36-19-24-17-26(39(41)42)13-15-30(24)43-20-22-8-5-7-21-6-1-2-9-27(21)22/h1-19H,20H2. The zero-order valence-electron chi connectivity index (χ0n) is 22.9. The van der Waals surface area contributed by atoms with Gasteiger partial charge in [-0.25, -0.2) is 4.98 Å². The Hall–Kier alpha value is -5.61. The number of benzene rings is 5. The van der Waals surface area contributed by atoms with Crippen molar-refractivity contribution < 1.29 is 14.1 Å². The van der Waals surface area contributed by atoms with E-state index in [-0.39, 0.29) is 18.1 Å². The molecule has 0 aliphatic rings. The second-order valence-corrected chi connectivity index (χ2v) is 10.9. The summed E-state index contributed by atoms with van der Waals surface area (Å²) in [7, 11) is 0. The lowest BCUT2D eigenvalue weighted by Gasteiger charge is -2.12. The highest BCUT2D eigenvalue weighted by Gasteiger charge is 2.18. The van der Waals surface area contributed by atoms with Crippen molar-refractivity contribution in [1.82, 2.24) is 9.66 Å². The molecule has 0 atom stereocenters. The van der Waals surface area contributed by atoms with E-state index in [1.807, 2.05) is 60.7 Å². The van der Waals surface area contributed by atoms with Crippen LogP contribution in [0.15, 0.2) is 128 Å². The van der Waals surface area contributed by atoms with Gasteiger partial charge in [0.1, 0.15) is 17.9 Å². The third-order valence-corrected chi connectivity index (χ3v) is 7.73. The van der Waals surface area contributed by atoms with Crippen LogP contribution in [0, 0.1) is 10.1 Å². The number of fused-ring (bicyclic) bond motifs is 3. The van der Waals surface area contributed by atoms with Gasteiger partial charge in [-0.1, -0.05) is 70.5 Å². The maximum absolute atomic E-state index is 13.7. The van der Waals surface area contributed by atoms with E-state index in [0.717, 1.165) is 30.9 Å². The topological polar surface area (TPSA) is 113 Å². The summed E-state index contributed by atoms with van der Waals surface area (Å²) in [6.45, 7) is 0.220. The summed E-state index contributed by atoms with van der Waals surface area (Å²) >= 11 is 3.47. The van der Waals surface area contributed by atoms with E-state index in [0.29, 0.717) is 33.6 Å². The minimum absolute atomic E-state index is 0.143. The molecule has 10 heteroatoms. The number of furan rings is 1. The van der Waals surface area contributed by atoms with E-state index in [9.17, 15) is 14.9 Å². The van der Waals surface area contributed by atoms with Crippen LogP contribution in [0.25, 0.3) is 44.2 Å². The Morgan fingerprint density at radius 3 is 2.57 bits per heavy atom. The normalized spacial score (nSPS) is 11.6. The van der Waals surface area contributed by atoms with Crippen LogP contribution in [0.1, 0.15) is 11.1 Å². The first-order valence-electron chi connectivity index (χ1n) is 13.6. The quantitative estimate of drug-likeness (QED) is 0.0984. The molecule has 0 saturated heterocycles. The molecule has 0 aliphatic heterocycles. The molecule has 0 aliphatic carbocycles. The SMILES string of the molecule is O=c1c2ccccc2nc(-c2cc3cc(Br)ccc3o2)n1N=Cc1cc([N+](=O)[O-])ccc1OCc1cccc2ccccc12. The molecule has 7 aromatic rings. The summed E-state index contributed by atoms with van der Waals surface area (Å²) in [5.41, 5.74) is 1.80. The number of nitro benzene ring substituents is 1. The van der Waals surface area contributed by atoms with Crippen molar-refractivity contribution in [3.8, 4) is 17.3 Å². The first-order valence-corrected chi connectivity index (χ1v) is 14.4. The Balaban J connectivity index is 1.33. The summed E-state index contributed by atoms with van der Waals surface area (Å²) in [5.74, 6) is 0.884. The highest BCUT2D eigenvalue weighted by molar-refractivity contribution is 9.10. The van der Waals surface area contributed by atoms with Gasteiger partial charge in [-0.05, 0) is 58.8 Å². The number of ether oxygens (including phenoxy) is 1. The van der Waals surface area contributed by atoms with Gasteiger partial charge < -0.3 is 9.15 Å². The Morgan fingerprint density at radius 2 is 1.70 bits per heavy atom. The van der Waals surface area contributed by atoms with Gasteiger partial charge in [0, 0.05) is 27.6 Å². The van der Waals surface area contributed by atoms with Crippen molar-refractivity contribution in [2.75, 3.05) is 0 Å². The van der Waals surface area contributed by atoms with Gasteiger partial charge >= 0.3 is 0 Å². The van der Waals surface area contributed by atoms with Crippen LogP contribution in [-0.2, 0) is 6.61 Å². The predicted molar refractivity (Wildman–Crippen MR) is 173 cm³/mol. The first kappa shape index (κ1) is 27.2. The lowest BCUT2D eigenvalue weighted by Crippen LogP contribution is -2.20. The molecule has 5 aromatic carbocycles. The third kappa shape index (κ3) is 5.12. The van der Waals surface area contributed by atoms with E-state index in [1.54, 1.807) is 30.3 Å². The minimum atomic E-state index is -0.493. The second-order valence-electron chi connectivity index (χ2n) is 10.0. The number of hydrogen-bond acceptors (Lipinski definition) is 7. The van der Waals surface area contributed by atoms with Crippen molar-refractivity contribution in [2.24, 2.45) is 5.10 Å². The molecule has 2 aromatic heterocycles. The molecule has 0 fully saturated rings. The molecule has 2 heterocycles. The van der Waals surface area contributed by atoms with Crippen molar-refractivity contribution in [3.63, 3.8) is 0 Å². The van der Waals surface area contributed by atoms with Gasteiger partial charge in [0.05, 0.1) is 22.0 Å². The highest BCUT2D eigenvalue weighted by atomic mass is 79.9. The highest BCUT2D eigenvalue weighted by Crippen LogP contribution is 2.30. The first-order chi connectivity index (χ1) is 21.4.